The summed E-state index contributed by atoms with van der Waals surface area (Å²) in [4.78, 5) is 13.0. The number of likely N-dealkylation sites (tertiary alicyclic amines) is 1. The summed E-state index contributed by atoms with van der Waals surface area (Å²) in [6, 6.07) is 7.66. The van der Waals surface area contributed by atoms with E-state index in [0.29, 0.717) is 13.0 Å². The van der Waals surface area contributed by atoms with Gasteiger partial charge >= 0.3 is 0 Å². The molecule has 0 radical (unpaired) electrons. The molecule has 3 N–H and O–H groups in total. The van der Waals surface area contributed by atoms with E-state index in [2.05, 4.69) is 0 Å². The van der Waals surface area contributed by atoms with Gasteiger partial charge in [0.05, 0.1) is 12.6 Å². The summed E-state index contributed by atoms with van der Waals surface area (Å²) >= 11 is 0. The van der Waals surface area contributed by atoms with E-state index < -0.39 is 6.10 Å². The minimum absolute atomic E-state index is 0.295. The lowest BCUT2D eigenvalue weighted by Gasteiger charge is -2.45. The second kappa shape index (κ2) is 5.07. The number of amides is 1. The van der Waals surface area contributed by atoms with Gasteiger partial charge in [-0.25, -0.2) is 0 Å². The van der Waals surface area contributed by atoms with Crippen LogP contribution >= 0.6 is 0 Å². The molecule has 1 aromatic rings. The average Bonchev–Trinajstić information content (AvgIpc) is 2.41. The van der Waals surface area contributed by atoms with Crippen molar-refractivity contribution in [3.05, 3.63) is 29.8 Å². The van der Waals surface area contributed by atoms with E-state index >= 15 is 0 Å². The lowest BCUT2D eigenvalue weighted by Crippen LogP contribution is -2.51. The van der Waals surface area contributed by atoms with Crippen LogP contribution in [0.1, 0.15) is 30.9 Å². The molecule has 3 rings (SSSR count). The minimum atomic E-state index is -0.470. The highest BCUT2D eigenvalue weighted by atomic mass is 16.5. The topological polar surface area (TPSA) is 75.8 Å². The Morgan fingerprint density at radius 1 is 1.40 bits per heavy atom. The van der Waals surface area contributed by atoms with Gasteiger partial charge in [-0.2, -0.15) is 0 Å². The van der Waals surface area contributed by atoms with E-state index in [0.717, 1.165) is 37.2 Å². The van der Waals surface area contributed by atoms with Crippen LogP contribution in [-0.4, -0.2) is 41.1 Å². The molecule has 1 saturated heterocycles. The van der Waals surface area contributed by atoms with Crippen molar-refractivity contribution in [1.29, 1.82) is 0 Å². The van der Waals surface area contributed by atoms with Gasteiger partial charge in [0.2, 0.25) is 5.91 Å². The third-order valence-corrected chi connectivity index (χ3v) is 4.32. The maximum Gasteiger partial charge on any atom is 0.231 e. The molecule has 20 heavy (non-hydrogen) atoms. The molecule has 0 bridgehead atoms. The summed E-state index contributed by atoms with van der Waals surface area (Å²) in [5.74, 6) is 0.491. The van der Waals surface area contributed by atoms with Gasteiger partial charge in [0.15, 0.2) is 0 Å². The summed E-state index contributed by atoms with van der Waals surface area (Å²) in [5.41, 5.74) is 5.80. The number of primary amides is 1. The Morgan fingerprint density at radius 2 is 2.10 bits per heavy atom. The molecule has 1 spiro atoms. The molecule has 1 atom stereocenters. The number of piperidine rings is 1. The van der Waals surface area contributed by atoms with E-state index in [4.69, 9.17) is 10.5 Å². The van der Waals surface area contributed by atoms with E-state index in [1.165, 1.54) is 0 Å². The fourth-order valence-electron chi connectivity index (χ4n) is 3.23. The molecule has 2 heterocycles. The van der Waals surface area contributed by atoms with Crippen LogP contribution in [0.3, 0.4) is 0 Å². The number of aliphatic hydroxyl groups is 1. The number of para-hydroxylation sites is 1. The predicted octanol–water partition coefficient (Wildman–Crippen LogP) is 0.822. The SMILES string of the molecule is NC(=O)CN1CCC2(CC1)CC(O)c1ccccc1O2. The standard InChI is InChI=1S/C15H20N2O3/c16-14(19)10-17-7-5-15(6-8-17)9-12(18)11-3-1-2-4-13(11)20-15/h1-4,12,18H,5-10H2,(H2,16,19). The first-order valence-electron chi connectivity index (χ1n) is 7.05. The maximum absolute atomic E-state index is 11.0. The van der Waals surface area contributed by atoms with Crippen molar-refractivity contribution in [3.63, 3.8) is 0 Å². The Bertz CT molecular complexity index is 510. The lowest BCUT2D eigenvalue weighted by molar-refractivity contribution is -0.120. The highest BCUT2D eigenvalue weighted by molar-refractivity contribution is 5.75. The van der Waals surface area contributed by atoms with Gasteiger partial charge in [-0.3, -0.25) is 9.69 Å². The smallest absolute Gasteiger partial charge is 0.231 e. The predicted molar refractivity (Wildman–Crippen MR) is 74.2 cm³/mol. The first-order valence-corrected chi connectivity index (χ1v) is 7.05. The average molecular weight is 276 g/mol. The van der Waals surface area contributed by atoms with E-state index in [9.17, 15) is 9.90 Å². The van der Waals surface area contributed by atoms with E-state index in [1.54, 1.807) is 0 Å². The first kappa shape index (κ1) is 13.4. The van der Waals surface area contributed by atoms with Gasteiger partial charge in [-0.15, -0.1) is 0 Å². The zero-order valence-corrected chi connectivity index (χ0v) is 11.4. The molecular weight excluding hydrogens is 256 g/mol. The molecule has 1 fully saturated rings. The number of carbonyl (C=O) groups excluding carboxylic acids is 1. The number of benzene rings is 1. The van der Waals surface area contributed by atoms with Crippen LogP contribution in [-0.2, 0) is 4.79 Å². The largest absolute Gasteiger partial charge is 0.487 e. The molecule has 0 aromatic heterocycles. The molecule has 2 aliphatic heterocycles. The normalized spacial score (nSPS) is 24.9. The highest BCUT2D eigenvalue weighted by Gasteiger charge is 2.42. The van der Waals surface area contributed by atoms with Crippen LogP contribution in [0.4, 0.5) is 0 Å². The Hall–Kier alpha value is -1.59. The number of ether oxygens (including phenoxy) is 1. The molecule has 0 saturated carbocycles. The first-order chi connectivity index (χ1) is 9.58. The van der Waals surface area contributed by atoms with E-state index in [-0.39, 0.29) is 11.5 Å². The van der Waals surface area contributed by atoms with Gasteiger partial charge in [0, 0.05) is 25.1 Å². The highest BCUT2D eigenvalue weighted by Crippen LogP contribution is 2.43. The van der Waals surface area contributed by atoms with Gasteiger partial charge in [0.25, 0.3) is 0 Å². The molecule has 0 aliphatic carbocycles. The molecule has 5 heteroatoms. The van der Waals surface area contributed by atoms with Crippen LogP contribution in [0, 0.1) is 0 Å². The van der Waals surface area contributed by atoms with Crippen molar-refractivity contribution in [2.45, 2.75) is 31.0 Å². The minimum Gasteiger partial charge on any atom is -0.487 e. The third-order valence-electron chi connectivity index (χ3n) is 4.32. The van der Waals surface area contributed by atoms with Gasteiger partial charge < -0.3 is 15.6 Å². The quantitative estimate of drug-likeness (QED) is 0.838. The van der Waals surface area contributed by atoms with Crippen LogP contribution in [0.15, 0.2) is 24.3 Å². The molecule has 5 nitrogen and oxygen atoms in total. The summed E-state index contributed by atoms with van der Waals surface area (Å²) in [7, 11) is 0. The fourth-order valence-corrected chi connectivity index (χ4v) is 3.23. The Kier molecular flexibility index (Phi) is 3.40. The van der Waals surface area contributed by atoms with Crippen LogP contribution in [0.5, 0.6) is 5.75 Å². The second-order valence-electron chi connectivity index (χ2n) is 5.79. The summed E-state index contributed by atoms with van der Waals surface area (Å²) in [6.45, 7) is 1.85. The number of hydrogen-bond donors (Lipinski definition) is 2. The molecule has 2 aliphatic rings. The number of carbonyl (C=O) groups is 1. The van der Waals surface area contributed by atoms with Crippen LogP contribution < -0.4 is 10.5 Å². The summed E-state index contributed by atoms with van der Waals surface area (Å²) in [5, 5.41) is 10.3. The molecule has 1 aromatic carbocycles. The Morgan fingerprint density at radius 3 is 2.80 bits per heavy atom. The van der Waals surface area contributed by atoms with Crippen LogP contribution in [0.25, 0.3) is 0 Å². The van der Waals surface area contributed by atoms with Crippen molar-refractivity contribution < 1.29 is 14.6 Å². The number of hydrogen-bond acceptors (Lipinski definition) is 4. The van der Waals surface area contributed by atoms with Crippen LogP contribution in [0.2, 0.25) is 0 Å². The lowest BCUT2D eigenvalue weighted by atomic mass is 9.81. The van der Waals surface area contributed by atoms with Crippen molar-refractivity contribution in [3.8, 4) is 5.75 Å². The van der Waals surface area contributed by atoms with E-state index in [1.807, 2.05) is 29.2 Å². The summed E-state index contributed by atoms with van der Waals surface area (Å²) in [6.07, 6.45) is 1.77. The zero-order valence-electron chi connectivity index (χ0n) is 11.4. The van der Waals surface area contributed by atoms with Crippen molar-refractivity contribution in [2.24, 2.45) is 5.73 Å². The number of aliphatic hydroxyl groups excluding tert-OH is 1. The fraction of sp³-hybridized carbons (Fsp3) is 0.533. The molecule has 108 valence electrons. The van der Waals surface area contributed by atoms with Gasteiger partial charge in [-0.05, 0) is 18.9 Å². The summed E-state index contributed by atoms with van der Waals surface area (Å²) < 4.78 is 6.18. The zero-order chi connectivity index (χ0) is 14.2. The Balaban J connectivity index is 1.72. The Labute approximate surface area is 118 Å². The van der Waals surface area contributed by atoms with Crippen molar-refractivity contribution in [2.75, 3.05) is 19.6 Å². The molecule has 1 unspecified atom stereocenters. The molecule has 1 amide bonds. The second-order valence-corrected chi connectivity index (χ2v) is 5.79. The van der Waals surface area contributed by atoms with Crippen molar-refractivity contribution >= 4 is 5.91 Å². The maximum atomic E-state index is 11.0. The number of rotatable bonds is 2. The monoisotopic (exact) mass is 276 g/mol. The van der Waals surface area contributed by atoms with Crippen molar-refractivity contribution in [1.82, 2.24) is 4.90 Å². The van der Waals surface area contributed by atoms with Gasteiger partial charge in [-0.1, -0.05) is 18.2 Å². The van der Waals surface area contributed by atoms with Gasteiger partial charge in [0.1, 0.15) is 11.4 Å². The number of fused-ring (bicyclic) bond motifs is 1. The number of nitrogens with zero attached hydrogens (tertiary/aromatic N) is 1. The molecular formula is C15H20N2O3. The number of nitrogens with two attached hydrogens (primary N) is 1. The third kappa shape index (κ3) is 2.51.